The zero-order chi connectivity index (χ0) is 12.8. The minimum atomic E-state index is -0.437. The predicted molar refractivity (Wildman–Crippen MR) is 65.4 cm³/mol. The zero-order valence-corrected chi connectivity index (χ0v) is 10.0. The van der Waals surface area contributed by atoms with Crippen LogP contribution in [0.2, 0.25) is 0 Å². The van der Waals surface area contributed by atoms with Crippen molar-refractivity contribution in [3.8, 4) is 0 Å². The third kappa shape index (κ3) is 4.26. The van der Waals surface area contributed by atoms with E-state index in [4.69, 9.17) is 4.74 Å². The molecule has 4 heteroatoms. The number of aryl methyl sites for hydroxylation is 1. The van der Waals surface area contributed by atoms with Gasteiger partial charge in [-0.1, -0.05) is 6.58 Å². The molecule has 0 amide bonds. The fraction of sp³-hybridized carbons (Fsp3) is 0.308. The molecule has 1 rings (SSSR count). The molecule has 0 atom stereocenters. The number of carbonyl (C=O) groups excluding carboxylic acids is 1. The van der Waals surface area contributed by atoms with E-state index in [0.29, 0.717) is 17.9 Å². The Bertz CT molecular complexity index is 409. The Balaban J connectivity index is 2.55. The van der Waals surface area contributed by atoms with Crippen LogP contribution in [-0.4, -0.2) is 19.1 Å². The number of hydrogen-bond acceptors (Lipinski definition) is 3. The first-order valence-electron chi connectivity index (χ1n) is 5.39. The standard InChI is InChI=1S/C13H16FNO2/c1-4-17-13(16)10(3)8-15-12-6-9(2)5-11(14)7-12/h5-7,15H,3-4,8H2,1-2H3. The van der Waals surface area contributed by atoms with Gasteiger partial charge in [0.25, 0.3) is 0 Å². The monoisotopic (exact) mass is 237 g/mol. The number of rotatable bonds is 5. The van der Waals surface area contributed by atoms with Gasteiger partial charge in [0.2, 0.25) is 0 Å². The van der Waals surface area contributed by atoms with Crippen molar-refractivity contribution < 1.29 is 13.9 Å². The van der Waals surface area contributed by atoms with Crippen molar-refractivity contribution in [2.75, 3.05) is 18.5 Å². The number of anilines is 1. The Morgan fingerprint density at radius 2 is 2.18 bits per heavy atom. The molecule has 1 aromatic carbocycles. The van der Waals surface area contributed by atoms with E-state index in [9.17, 15) is 9.18 Å². The number of benzene rings is 1. The highest BCUT2D eigenvalue weighted by Gasteiger charge is 2.07. The van der Waals surface area contributed by atoms with Crippen molar-refractivity contribution in [3.63, 3.8) is 0 Å². The third-order valence-electron chi connectivity index (χ3n) is 2.11. The van der Waals surface area contributed by atoms with Crippen LogP contribution in [0.25, 0.3) is 0 Å². The van der Waals surface area contributed by atoms with Crippen LogP contribution in [0.3, 0.4) is 0 Å². The molecule has 0 fully saturated rings. The SMILES string of the molecule is C=C(CNc1cc(C)cc(F)c1)C(=O)OCC. The van der Waals surface area contributed by atoms with Crippen LogP contribution >= 0.6 is 0 Å². The Morgan fingerprint density at radius 1 is 1.47 bits per heavy atom. The Morgan fingerprint density at radius 3 is 2.76 bits per heavy atom. The van der Waals surface area contributed by atoms with Crippen molar-refractivity contribution in [2.24, 2.45) is 0 Å². The van der Waals surface area contributed by atoms with Crippen LogP contribution in [0.5, 0.6) is 0 Å². The van der Waals surface area contributed by atoms with Gasteiger partial charge in [0.05, 0.1) is 6.61 Å². The van der Waals surface area contributed by atoms with Crippen LogP contribution in [-0.2, 0) is 9.53 Å². The number of esters is 1. The van der Waals surface area contributed by atoms with Gasteiger partial charge in [-0.15, -0.1) is 0 Å². The Kier molecular flexibility index (Phi) is 4.69. The predicted octanol–water partition coefficient (Wildman–Crippen LogP) is 2.67. The van der Waals surface area contributed by atoms with Gasteiger partial charge in [-0.05, 0) is 37.6 Å². The average molecular weight is 237 g/mol. The van der Waals surface area contributed by atoms with Gasteiger partial charge in [-0.2, -0.15) is 0 Å². The first kappa shape index (κ1) is 13.2. The first-order valence-corrected chi connectivity index (χ1v) is 5.39. The molecule has 0 aromatic heterocycles. The number of hydrogen-bond donors (Lipinski definition) is 1. The molecule has 0 heterocycles. The first-order chi connectivity index (χ1) is 8.02. The number of halogens is 1. The molecule has 0 aliphatic heterocycles. The second kappa shape index (κ2) is 6.03. The lowest BCUT2D eigenvalue weighted by Crippen LogP contribution is -2.14. The summed E-state index contributed by atoms with van der Waals surface area (Å²) in [6.45, 7) is 7.69. The van der Waals surface area contributed by atoms with Crippen LogP contribution in [0, 0.1) is 12.7 Å². The molecule has 0 aliphatic rings. The van der Waals surface area contributed by atoms with Crippen molar-refractivity contribution in [1.82, 2.24) is 0 Å². The fourth-order valence-electron chi connectivity index (χ4n) is 1.35. The molecule has 0 aliphatic carbocycles. The van der Waals surface area contributed by atoms with E-state index < -0.39 is 5.97 Å². The number of ether oxygens (including phenoxy) is 1. The molecule has 0 spiro atoms. The molecule has 0 bridgehead atoms. The van der Waals surface area contributed by atoms with Crippen LogP contribution in [0.15, 0.2) is 30.4 Å². The Labute approximate surface area is 100 Å². The minimum Gasteiger partial charge on any atom is -0.463 e. The average Bonchev–Trinajstić information content (AvgIpc) is 2.25. The maximum Gasteiger partial charge on any atom is 0.335 e. The molecule has 0 radical (unpaired) electrons. The van der Waals surface area contributed by atoms with E-state index in [0.717, 1.165) is 5.56 Å². The summed E-state index contributed by atoms with van der Waals surface area (Å²) in [6.07, 6.45) is 0. The van der Waals surface area contributed by atoms with Gasteiger partial charge in [0.15, 0.2) is 0 Å². The summed E-state index contributed by atoms with van der Waals surface area (Å²) >= 11 is 0. The summed E-state index contributed by atoms with van der Waals surface area (Å²) in [7, 11) is 0. The summed E-state index contributed by atoms with van der Waals surface area (Å²) in [6, 6.07) is 4.60. The highest BCUT2D eigenvalue weighted by Crippen LogP contribution is 2.13. The number of carbonyl (C=O) groups is 1. The lowest BCUT2D eigenvalue weighted by atomic mass is 10.2. The maximum absolute atomic E-state index is 13.1. The molecular formula is C13H16FNO2. The van der Waals surface area contributed by atoms with E-state index in [1.165, 1.54) is 12.1 Å². The van der Waals surface area contributed by atoms with E-state index in [-0.39, 0.29) is 12.4 Å². The van der Waals surface area contributed by atoms with Crippen LogP contribution in [0.1, 0.15) is 12.5 Å². The van der Waals surface area contributed by atoms with Gasteiger partial charge >= 0.3 is 5.97 Å². The molecule has 1 aromatic rings. The number of nitrogens with one attached hydrogen (secondary N) is 1. The second-order valence-corrected chi connectivity index (χ2v) is 3.69. The lowest BCUT2D eigenvalue weighted by molar-refractivity contribution is -0.138. The van der Waals surface area contributed by atoms with Crippen molar-refractivity contribution in [3.05, 3.63) is 41.7 Å². The second-order valence-electron chi connectivity index (χ2n) is 3.69. The van der Waals surface area contributed by atoms with E-state index >= 15 is 0 Å². The van der Waals surface area contributed by atoms with E-state index in [2.05, 4.69) is 11.9 Å². The van der Waals surface area contributed by atoms with Crippen LogP contribution < -0.4 is 5.32 Å². The molecule has 17 heavy (non-hydrogen) atoms. The van der Waals surface area contributed by atoms with Gasteiger partial charge < -0.3 is 10.1 Å². The van der Waals surface area contributed by atoms with Crippen molar-refractivity contribution in [1.29, 1.82) is 0 Å². The smallest absolute Gasteiger partial charge is 0.335 e. The molecular weight excluding hydrogens is 221 g/mol. The topological polar surface area (TPSA) is 38.3 Å². The zero-order valence-electron chi connectivity index (χ0n) is 10.0. The summed E-state index contributed by atoms with van der Waals surface area (Å²) in [5.74, 6) is -0.748. The highest BCUT2D eigenvalue weighted by atomic mass is 19.1. The fourth-order valence-corrected chi connectivity index (χ4v) is 1.35. The largest absolute Gasteiger partial charge is 0.463 e. The summed E-state index contributed by atoms with van der Waals surface area (Å²) in [4.78, 5) is 11.3. The third-order valence-corrected chi connectivity index (χ3v) is 2.11. The molecule has 0 saturated heterocycles. The van der Waals surface area contributed by atoms with Gasteiger partial charge in [-0.3, -0.25) is 0 Å². The van der Waals surface area contributed by atoms with E-state index in [1.54, 1.807) is 19.9 Å². The maximum atomic E-state index is 13.1. The quantitative estimate of drug-likeness (QED) is 0.632. The minimum absolute atomic E-state index is 0.238. The van der Waals surface area contributed by atoms with Crippen molar-refractivity contribution >= 4 is 11.7 Å². The molecule has 1 N–H and O–H groups in total. The summed E-state index contributed by atoms with van der Waals surface area (Å²) in [5.41, 5.74) is 1.75. The normalized spacial score (nSPS) is 9.82. The Hall–Kier alpha value is -1.84. The molecule has 92 valence electrons. The van der Waals surface area contributed by atoms with Gasteiger partial charge in [-0.25, -0.2) is 9.18 Å². The molecule has 3 nitrogen and oxygen atoms in total. The summed E-state index contributed by atoms with van der Waals surface area (Å²) in [5, 5.41) is 2.93. The van der Waals surface area contributed by atoms with Crippen LogP contribution in [0.4, 0.5) is 10.1 Å². The summed E-state index contributed by atoms with van der Waals surface area (Å²) < 4.78 is 17.9. The van der Waals surface area contributed by atoms with Gasteiger partial charge in [0, 0.05) is 17.8 Å². The highest BCUT2D eigenvalue weighted by molar-refractivity contribution is 5.88. The van der Waals surface area contributed by atoms with Gasteiger partial charge in [0.1, 0.15) is 5.82 Å². The molecule has 0 saturated carbocycles. The van der Waals surface area contributed by atoms with E-state index in [1.807, 2.05) is 0 Å². The van der Waals surface area contributed by atoms with Crippen molar-refractivity contribution in [2.45, 2.75) is 13.8 Å². The molecule has 0 unspecified atom stereocenters. The lowest BCUT2D eigenvalue weighted by Gasteiger charge is -2.09.